The zero-order chi connectivity index (χ0) is 10.2. The van der Waals surface area contributed by atoms with E-state index in [-0.39, 0.29) is 0 Å². The van der Waals surface area contributed by atoms with Gasteiger partial charge < -0.3 is 10.0 Å². The van der Waals surface area contributed by atoms with Gasteiger partial charge in [-0.3, -0.25) is 0 Å². The monoisotopic (exact) mass is 193 g/mol. The summed E-state index contributed by atoms with van der Waals surface area (Å²) >= 11 is 0. The first-order valence-corrected chi connectivity index (χ1v) is 4.90. The topological polar surface area (TPSA) is 49.2 Å². The Kier molecular flexibility index (Phi) is 2.15. The molecule has 4 nitrogen and oxygen atoms in total. The highest BCUT2D eigenvalue weighted by Crippen LogP contribution is 2.28. The average Bonchev–Trinajstić information content (AvgIpc) is 2.13. The van der Waals surface area contributed by atoms with Crippen molar-refractivity contribution in [2.75, 3.05) is 18.0 Å². The van der Waals surface area contributed by atoms with E-state index in [4.69, 9.17) is 0 Å². The van der Waals surface area contributed by atoms with E-state index < -0.39 is 5.60 Å². The molecule has 0 saturated carbocycles. The fourth-order valence-corrected chi connectivity index (χ4v) is 1.65. The van der Waals surface area contributed by atoms with Gasteiger partial charge in [0.15, 0.2) is 5.82 Å². The molecule has 1 aromatic rings. The van der Waals surface area contributed by atoms with Crippen molar-refractivity contribution in [2.24, 2.45) is 0 Å². The van der Waals surface area contributed by atoms with Crippen LogP contribution >= 0.6 is 0 Å². The minimum atomic E-state index is -0.509. The molecule has 0 amide bonds. The Labute approximate surface area is 83.6 Å². The van der Waals surface area contributed by atoms with Crippen LogP contribution < -0.4 is 4.90 Å². The molecular formula is C10H15N3O. The Bertz CT molecular complexity index is 334. The molecule has 0 radical (unpaired) electrons. The molecule has 0 atom stereocenters. The second kappa shape index (κ2) is 3.20. The number of hydrogen-bond acceptors (Lipinski definition) is 4. The summed E-state index contributed by atoms with van der Waals surface area (Å²) in [5.41, 5.74) is 0.591. The molecule has 1 saturated heterocycles. The Morgan fingerprint density at radius 1 is 1.57 bits per heavy atom. The van der Waals surface area contributed by atoms with E-state index in [0.717, 1.165) is 17.8 Å². The number of β-amino-alcohol motifs (C(OH)–C–C–N with tert-alkyl or cyclic N) is 1. The number of anilines is 1. The van der Waals surface area contributed by atoms with Crippen LogP contribution in [0.3, 0.4) is 0 Å². The summed E-state index contributed by atoms with van der Waals surface area (Å²) in [7, 11) is 0. The van der Waals surface area contributed by atoms with Crippen LogP contribution in [-0.2, 0) is 0 Å². The lowest BCUT2D eigenvalue weighted by molar-refractivity contribution is 0.00797. The number of nitrogens with zero attached hydrogens (tertiary/aromatic N) is 3. The van der Waals surface area contributed by atoms with Crippen LogP contribution in [-0.4, -0.2) is 34.0 Å². The fraction of sp³-hybridized carbons (Fsp3) is 0.600. The molecule has 2 rings (SSSR count). The Morgan fingerprint density at radius 3 is 2.86 bits per heavy atom. The maximum absolute atomic E-state index is 9.83. The number of rotatable bonds is 2. The van der Waals surface area contributed by atoms with Crippen LogP contribution in [0.1, 0.15) is 18.9 Å². The second-order valence-electron chi connectivity index (χ2n) is 4.03. The number of aryl methyl sites for hydroxylation is 1. The summed E-state index contributed by atoms with van der Waals surface area (Å²) in [5, 5.41) is 17.7. The van der Waals surface area contributed by atoms with Crippen molar-refractivity contribution in [3.63, 3.8) is 0 Å². The van der Waals surface area contributed by atoms with Crippen LogP contribution in [0.15, 0.2) is 12.3 Å². The summed E-state index contributed by atoms with van der Waals surface area (Å²) in [4.78, 5) is 2.05. The molecule has 2 heterocycles. The van der Waals surface area contributed by atoms with E-state index in [9.17, 15) is 5.11 Å². The van der Waals surface area contributed by atoms with E-state index in [1.807, 2.05) is 24.8 Å². The Morgan fingerprint density at radius 2 is 2.29 bits per heavy atom. The largest absolute Gasteiger partial charge is 0.386 e. The highest BCUT2D eigenvalue weighted by molar-refractivity contribution is 5.44. The molecule has 76 valence electrons. The predicted octanol–water partition coefficient (Wildman–Crippen LogP) is 0.746. The molecule has 0 bridgehead atoms. The normalized spacial score (nSPS) is 19.2. The van der Waals surface area contributed by atoms with Crippen molar-refractivity contribution in [1.29, 1.82) is 0 Å². The summed E-state index contributed by atoms with van der Waals surface area (Å²) in [6.07, 6.45) is 2.53. The Balaban J connectivity index is 2.06. The van der Waals surface area contributed by atoms with Crippen molar-refractivity contribution in [3.05, 3.63) is 17.8 Å². The van der Waals surface area contributed by atoms with Gasteiger partial charge in [-0.05, 0) is 25.0 Å². The lowest BCUT2D eigenvalue weighted by Crippen LogP contribution is -2.61. The van der Waals surface area contributed by atoms with Crippen molar-refractivity contribution >= 4 is 5.82 Å². The molecule has 1 fully saturated rings. The minimum Gasteiger partial charge on any atom is -0.386 e. The van der Waals surface area contributed by atoms with Gasteiger partial charge in [0, 0.05) is 0 Å². The SMILES string of the molecule is CCC1(O)CN(c2cc(C)cnn2)C1. The maximum Gasteiger partial charge on any atom is 0.151 e. The van der Waals surface area contributed by atoms with Gasteiger partial charge in [0.25, 0.3) is 0 Å². The summed E-state index contributed by atoms with van der Waals surface area (Å²) in [5.74, 6) is 0.864. The molecule has 14 heavy (non-hydrogen) atoms. The second-order valence-corrected chi connectivity index (χ2v) is 4.03. The lowest BCUT2D eigenvalue weighted by Gasteiger charge is -2.46. The molecule has 1 N–H and O–H groups in total. The Hall–Kier alpha value is -1.16. The van der Waals surface area contributed by atoms with Gasteiger partial charge in [0.1, 0.15) is 0 Å². The highest BCUT2D eigenvalue weighted by Gasteiger charge is 2.40. The molecule has 1 aliphatic rings. The quantitative estimate of drug-likeness (QED) is 0.753. The summed E-state index contributed by atoms with van der Waals surface area (Å²) < 4.78 is 0. The van der Waals surface area contributed by atoms with Crippen LogP contribution in [0.25, 0.3) is 0 Å². The van der Waals surface area contributed by atoms with Gasteiger partial charge in [0.2, 0.25) is 0 Å². The van der Waals surface area contributed by atoms with Crippen molar-refractivity contribution in [1.82, 2.24) is 10.2 Å². The fourth-order valence-electron chi connectivity index (χ4n) is 1.65. The van der Waals surface area contributed by atoms with E-state index in [2.05, 4.69) is 10.2 Å². The third-order valence-electron chi connectivity index (χ3n) is 2.73. The zero-order valence-corrected chi connectivity index (χ0v) is 8.56. The summed E-state index contributed by atoms with van der Waals surface area (Å²) in [6, 6.07) is 1.99. The smallest absolute Gasteiger partial charge is 0.151 e. The van der Waals surface area contributed by atoms with Crippen molar-refractivity contribution in [3.8, 4) is 0 Å². The van der Waals surface area contributed by atoms with E-state index in [1.165, 1.54) is 0 Å². The lowest BCUT2D eigenvalue weighted by atomic mass is 9.91. The average molecular weight is 193 g/mol. The zero-order valence-electron chi connectivity index (χ0n) is 8.56. The molecule has 0 aromatic carbocycles. The van der Waals surface area contributed by atoms with Gasteiger partial charge in [-0.15, -0.1) is 5.10 Å². The van der Waals surface area contributed by atoms with E-state index in [1.54, 1.807) is 6.20 Å². The molecule has 0 spiro atoms. The maximum atomic E-state index is 9.83. The minimum absolute atomic E-state index is 0.509. The van der Waals surface area contributed by atoms with Crippen LogP contribution in [0.2, 0.25) is 0 Å². The van der Waals surface area contributed by atoms with Gasteiger partial charge in [-0.1, -0.05) is 6.92 Å². The molecule has 0 unspecified atom stereocenters. The highest BCUT2D eigenvalue weighted by atomic mass is 16.3. The van der Waals surface area contributed by atoms with Crippen LogP contribution in [0.4, 0.5) is 5.82 Å². The predicted molar refractivity (Wildman–Crippen MR) is 54.2 cm³/mol. The van der Waals surface area contributed by atoms with Gasteiger partial charge >= 0.3 is 0 Å². The third-order valence-corrected chi connectivity index (χ3v) is 2.73. The molecule has 4 heteroatoms. The van der Waals surface area contributed by atoms with E-state index >= 15 is 0 Å². The standard InChI is InChI=1S/C10H15N3O/c1-3-10(14)6-13(7-10)9-4-8(2)5-11-12-9/h4-5,14H,3,6-7H2,1-2H3. The van der Waals surface area contributed by atoms with Crippen molar-refractivity contribution < 1.29 is 5.11 Å². The molecule has 1 aliphatic heterocycles. The van der Waals surface area contributed by atoms with Crippen molar-refractivity contribution in [2.45, 2.75) is 25.9 Å². The molecular weight excluding hydrogens is 178 g/mol. The van der Waals surface area contributed by atoms with Gasteiger partial charge in [-0.2, -0.15) is 5.10 Å². The van der Waals surface area contributed by atoms with Gasteiger partial charge in [0.05, 0.1) is 24.9 Å². The third kappa shape index (κ3) is 1.57. The first-order chi connectivity index (χ1) is 6.63. The van der Waals surface area contributed by atoms with Gasteiger partial charge in [-0.25, -0.2) is 0 Å². The van der Waals surface area contributed by atoms with Crippen LogP contribution in [0.5, 0.6) is 0 Å². The van der Waals surface area contributed by atoms with E-state index in [0.29, 0.717) is 13.1 Å². The first kappa shape index (κ1) is 9.40. The van der Waals surface area contributed by atoms with Crippen LogP contribution in [0, 0.1) is 6.92 Å². The number of hydrogen-bond donors (Lipinski definition) is 1. The molecule has 1 aromatic heterocycles. The molecule has 0 aliphatic carbocycles. The number of aromatic nitrogens is 2. The first-order valence-electron chi connectivity index (χ1n) is 4.90. The summed E-state index contributed by atoms with van der Waals surface area (Å²) in [6.45, 7) is 5.33. The number of aliphatic hydroxyl groups is 1.